The maximum atomic E-state index is 5.46. The Kier molecular flexibility index (Phi) is 5.63. The predicted molar refractivity (Wildman–Crippen MR) is 47.8 cm³/mol. The minimum absolute atomic E-state index is 0.348. The lowest BCUT2D eigenvalue weighted by Gasteiger charge is -2.10. The molecular weight excluding hydrogens is 148 g/mol. The molecule has 0 aliphatic heterocycles. The Labute approximate surface area is 65.5 Å². The van der Waals surface area contributed by atoms with E-state index in [4.69, 9.17) is 4.43 Å². The van der Waals surface area contributed by atoms with Crippen LogP contribution in [0.3, 0.4) is 0 Å². The summed E-state index contributed by atoms with van der Waals surface area (Å²) in [6.07, 6.45) is 1.54. The highest BCUT2D eigenvalue weighted by molar-refractivity contribution is 7.82. The van der Waals surface area contributed by atoms with Gasteiger partial charge < -0.3 is 4.43 Å². The Balaban J connectivity index is 3.06. The molecule has 0 fully saturated rings. The van der Waals surface area contributed by atoms with Crippen LogP contribution in [0.4, 0.5) is 0 Å². The van der Waals surface area contributed by atoms with Crippen LogP contribution in [0.2, 0.25) is 0 Å². The van der Waals surface area contributed by atoms with Crippen molar-refractivity contribution in [3.05, 3.63) is 0 Å². The smallest absolute Gasteiger partial charge is 0.174 e. The van der Waals surface area contributed by atoms with E-state index in [1.54, 1.807) is 0 Å². The first-order valence-electron chi connectivity index (χ1n) is 3.46. The Morgan fingerprint density at radius 1 is 1.56 bits per heavy atom. The van der Waals surface area contributed by atoms with E-state index >= 15 is 0 Å². The van der Waals surface area contributed by atoms with Gasteiger partial charge in [0, 0.05) is 11.0 Å². The quantitative estimate of drug-likeness (QED) is 0.485. The zero-order chi connectivity index (χ0) is 7.28. The van der Waals surface area contributed by atoms with Gasteiger partial charge >= 0.3 is 0 Å². The molecule has 0 rings (SSSR count). The molecule has 0 saturated heterocycles. The Morgan fingerprint density at radius 2 is 2.11 bits per heavy atom. The first kappa shape index (κ1) is 9.53. The third-order valence-electron chi connectivity index (χ3n) is 1.09. The molecule has 9 heavy (non-hydrogen) atoms. The van der Waals surface area contributed by atoms with Crippen LogP contribution in [0.5, 0.6) is 0 Å². The van der Waals surface area contributed by atoms with Crippen molar-refractivity contribution in [3.63, 3.8) is 0 Å². The molecule has 0 amide bonds. The van der Waals surface area contributed by atoms with Gasteiger partial charge in [0.25, 0.3) is 0 Å². The highest BCUT2D eigenvalue weighted by Crippen LogP contribution is 1.99. The molecule has 0 radical (unpaired) electrons. The second-order valence-electron chi connectivity index (χ2n) is 2.44. The van der Waals surface area contributed by atoms with E-state index in [1.165, 1.54) is 0 Å². The van der Waals surface area contributed by atoms with Crippen molar-refractivity contribution >= 4 is 22.4 Å². The number of hydrogen-bond acceptors (Lipinski definition) is 2. The third-order valence-corrected chi connectivity index (χ3v) is 3.73. The third kappa shape index (κ3) is 6.41. The molecule has 1 unspecified atom stereocenters. The second kappa shape index (κ2) is 5.32. The van der Waals surface area contributed by atoms with Crippen molar-refractivity contribution in [2.75, 3.05) is 0 Å². The van der Waals surface area contributed by atoms with Crippen molar-refractivity contribution in [2.45, 2.75) is 38.2 Å². The summed E-state index contributed by atoms with van der Waals surface area (Å²) in [6.45, 7) is 6.29. The van der Waals surface area contributed by atoms with Gasteiger partial charge in [-0.25, -0.2) is 0 Å². The molecule has 0 heterocycles. The molecule has 1 atom stereocenters. The van der Waals surface area contributed by atoms with E-state index in [2.05, 4.69) is 33.4 Å². The van der Waals surface area contributed by atoms with E-state index in [0.717, 1.165) is 6.42 Å². The Morgan fingerprint density at radius 3 is 2.44 bits per heavy atom. The van der Waals surface area contributed by atoms with Gasteiger partial charge in [0.2, 0.25) is 0 Å². The zero-order valence-electron chi connectivity index (χ0n) is 6.42. The summed E-state index contributed by atoms with van der Waals surface area (Å²) >= 11 is 4.34. The van der Waals surface area contributed by atoms with E-state index in [9.17, 15) is 0 Å². The Bertz CT molecular complexity index is 68.1. The monoisotopic (exact) mass is 164 g/mol. The molecule has 0 bridgehead atoms. The largest absolute Gasteiger partial charge is 0.421 e. The summed E-state index contributed by atoms with van der Waals surface area (Å²) in [7, 11) is -0.348. The van der Waals surface area contributed by atoms with Crippen molar-refractivity contribution in [2.24, 2.45) is 0 Å². The summed E-state index contributed by atoms with van der Waals surface area (Å²) in [6, 6.07) is 0. The first-order chi connectivity index (χ1) is 4.16. The average Bonchev–Trinajstić information content (AvgIpc) is 1.83. The van der Waals surface area contributed by atoms with Crippen molar-refractivity contribution < 1.29 is 4.43 Å². The van der Waals surface area contributed by atoms with Gasteiger partial charge in [-0.05, 0) is 20.3 Å². The van der Waals surface area contributed by atoms with Gasteiger partial charge in [0.1, 0.15) is 0 Å². The van der Waals surface area contributed by atoms with Crippen LogP contribution < -0.4 is 0 Å². The molecule has 0 aromatic rings. The van der Waals surface area contributed by atoms with Crippen LogP contribution in [0, 0.1) is 0 Å². The minimum atomic E-state index is -0.348. The van der Waals surface area contributed by atoms with E-state index in [0.29, 0.717) is 11.0 Å². The number of rotatable bonds is 4. The lowest BCUT2D eigenvalue weighted by Crippen LogP contribution is -2.16. The molecule has 0 aromatic carbocycles. The van der Waals surface area contributed by atoms with Crippen molar-refractivity contribution in [3.8, 4) is 0 Å². The summed E-state index contributed by atoms with van der Waals surface area (Å²) < 4.78 is 5.46. The van der Waals surface area contributed by atoms with Crippen LogP contribution in [-0.2, 0) is 4.43 Å². The average molecular weight is 164 g/mol. The fraction of sp³-hybridized carbons (Fsp3) is 1.00. The SMILES string of the molecule is CCC(S)[SiH2]OC(C)C. The number of thiol groups is 1. The first-order valence-corrected chi connectivity index (χ1v) is 5.37. The summed E-state index contributed by atoms with van der Waals surface area (Å²) in [4.78, 5) is 0.549. The molecule has 0 aliphatic rings. The topological polar surface area (TPSA) is 9.23 Å². The maximum absolute atomic E-state index is 5.46. The highest BCUT2D eigenvalue weighted by atomic mass is 32.1. The molecule has 3 heteroatoms. The normalized spacial score (nSPS) is 15.7. The molecule has 1 nitrogen and oxygen atoms in total. The van der Waals surface area contributed by atoms with E-state index in [-0.39, 0.29) is 9.76 Å². The van der Waals surface area contributed by atoms with Gasteiger partial charge in [-0.15, -0.1) is 0 Å². The summed E-state index contributed by atoms with van der Waals surface area (Å²) in [5.41, 5.74) is 0. The fourth-order valence-electron chi connectivity index (χ4n) is 0.421. The zero-order valence-corrected chi connectivity index (χ0v) is 8.73. The van der Waals surface area contributed by atoms with Gasteiger partial charge in [0.15, 0.2) is 9.76 Å². The summed E-state index contributed by atoms with van der Waals surface area (Å²) in [5, 5.41) is 0. The summed E-state index contributed by atoms with van der Waals surface area (Å²) in [5.74, 6) is 0. The molecular formula is C6H16OSSi. The Hall–Kier alpha value is 0.527. The van der Waals surface area contributed by atoms with Crippen molar-refractivity contribution in [1.82, 2.24) is 0 Å². The standard InChI is InChI=1S/C6H16OSSi/c1-4-6(8)9-7-5(2)3/h5-6,8H,4,9H2,1-3H3. The van der Waals surface area contributed by atoms with Crippen LogP contribution in [-0.4, -0.2) is 20.7 Å². The lowest BCUT2D eigenvalue weighted by molar-refractivity contribution is 0.254. The molecule has 56 valence electrons. The van der Waals surface area contributed by atoms with E-state index < -0.39 is 0 Å². The van der Waals surface area contributed by atoms with Gasteiger partial charge in [-0.2, -0.15) is 12.6 Å². The minimum Gasteiger partial charge on any atom is -0.421 e. The highest BCUT2D eigenvalue weighted by Gasteiger charge is 2.01. The second-order valence-corrected chi connectivity index (χ2v) is 5.51. The van der Waals surface area contributed by atoms with E-state index in [1.807, 2.05) is 0 Å². The number of hydrogen-bond donors (Lipinski definition) is 1. The van der Waals surface area contributed by atoms with Gasteiger partial charge in [-0.1, -0.05) is 6.92 Å². The van der Waals surface area contributed by atoms with Crippen LogP contribution in [0.1, 0.15) is 27.2 Å². The maximum Gasteiger partial charge on any atom is 0.174 e. The molecule has 0 saturated carbocycles. The molecule has 0 spiro atoms. The molecule has 0 aliphatic carbocycles. The molecule has 0 N–H and O–H groups in total. The fourth-order valence-corrected chi connectivity index (χ4v) is 1.52. The van der Waals surface area contributed by atoms with Gasteiger partial charge in [-0.3, -0.25) is 0 Å². The van der Waals surface area contributed by atoms with Crippen LogP contribution in [0.25, 0.3) is 0 Å². The van der Waals surface area contributed by atoms with Crippen LogP contribution >= 0.6 is 12.6 Å². The van der Waals surface area contributed by atoms with Crippen molar-refractivity contribution in [1.29, 1.82) is 0 Å². The van der Waals surface area contributed by atoms with Gasteiger partial charge in [0.05, 0.1) is 0 Å². The lowest BCUT2D eigenvalue weighted by atomic mass is 10.5. The molecule has 0 aromatic heterocycles. The van der Waals surface area contributed by atoms with Crippen LogP contribution in [0.15, 0.2) is 0 Å². The predicted octanol–water partition coefficient (Wildman–Crippen LogP) is 1.16.